The molecule has 2 atom stereocenters. The number of aliphatic hydroxyl groups is 1. The molecule has 1 saturated heterocycles. The van der Waals surface area contributed by atoms with E-state index < -0.39 is 6.04 Å². The zero-order chi connectivity index (χ0) is 16.1. The predicted octanol–water partition coefficient (Wildman–Crippen LogP) is 1.75. The molecule has 0 aromatic heterocycles. The van der Waals surface area contributed by atoms with Gasteiger partial charge in [0.05, 0.1) is 18.6 Å². The van der Waals surface area contributed by atoms with Crippen LogP contribution in [0.1, 0.15) is 31.4 Å². The lowest BCUT2D eigenvalue weighted by molar-refractivity contribution is -0.130. The number of amides is 2. The summed E-state index contributed by atoms with van der Waals surface area (Å²) >= 11 is 5.84. The summed E-state index contributed by atoms with van der Waals surface area (Å²) in [5.74, 6) is -0.260. The maximum Gasteiger partial charge on any atom is 0.225 e. The molecule has 1 aliphatic rings. The third-order valence-electron chi connectivity index (χ3n) is 3.99. The molecule has 120 valence electrons. The number of aliphatic hydroxyl groups excluding tert-OH is 1. The van der Waals surface area contributed by atoms with Gasteiger partial charge in [-0.3, -0.25) is 9.59 Å². The number of carbonyl (C=O) groups excluding carboxylic acids is 2. The Hall–Kier alpha value is -1.59. The molecule has 1 heterocycles. The maximum atomic E-state index is 12.3. The molecule has 1 aromatic carbocycles. The Morgan fingerprint density at radius 2 is 2.09 bits per heavy atom. The van der Waals surface area contributed by atoms with Crippen LogP contribution in [0, 0.1) is 5.92 Å². The van der Waals surface area contributed by atoms with Crippen LogP contribution in [0.2, 0.25) is 5.02 Å². The summed E-state index contributed by atoms with van der Waals surface area (Å²) in [6.07, 6.45) is 1.12. The molecule has 0 saturated carbocycles. The van der Waals surface area contributed by atoms with E-state index in [1.807, 2.05) is 6.92 Å². The Balaban J connectivity index is 1.95. The molecule has 1 fully saturated rings. The summed E-state index contributed by atoms with van der Waals surface area (Å²) in [6.45, 7) is 2.71. The Morgan fingerprint density at radius 1 is 1.41 bits per heavy atom. The van der Waals surface area contributed by atoms with Crippen molar-refractivity contribution in [3.63, 3.8) is 0 Å². The van der Waals surface area contributed by atoms with Crippen molar-refractivity contribution in [2.24, 2.45) is 5.92 Å². The van der Waals surface area contributed by atoms with Crippen LogP contribution in [0.15, 0.2) is 24.3 Å². The van der Waals surface area contributed by atoms with Gasteiger partial charge in [-0.15, -0.1) is 0 Å². The number of nitrogens with zero attached hydrogens (tertiary/aromatic N) is 1. The molecule has 5 nitrogen and oxygen atoms in total. The first-order chi connectivity index (χ1) is 10.5. The number of carbonyl (C=O) groups is 2. The Kier molecular flexibility index (Phi) is 5.80. The van der Waals surface area contributed by atoms with Crippen molar-refractivity contribution in [2.75, 3.05) is 19.7 Å². The third-order valence-corrected chi connectivity index (χ3v) is 4.24. The van der Waals surface area contributed by atoms with Crippen molar-refractivity contribution >= 4 is 23.4 Å². The van der Waals surface area contributed by atoms with Crippen LogP contribution in [0.25, 0.3) is 0 Å². The second-order valence-corrected chi connectivity index (χ2v) is 5.91. The summed E-state index contributed by atoms with van der Waals surface area (Å²) in [4.78, 5) is 25.7. The van der Waals surface area contributed by atoms with Crippen LogP contribution < -0.4 is 5.32 Å². The minimum atomic E-state index is -0.458. The van der Waals surface area contributed by atoms with Crippen molar-refractivity contribution in [1.82, 2.24) is 10.2 Å². The lowest BCUT2D eigenvalue weighted by Crippen LogP contribution is -2.37. The molecule has 0 spiro atoms. The highest BCUT2D eigenvalue weighted by atomic mass is 35.5. The maximum absolute atomic E-state index is 12.3. The van der Waals surface area contributed by atoms with Gasteiger partial charge in [0.25, 0.3) is 0 Å². The molecule has 1 aliphatic heterocycles. The molecule has 2 unspecified atom stereocenters. The summed E-state index contributed by atoms with van der Waals surface area (Å²) < 4.78 is 0. The second kappa shape index (κ2) is 7.61. The van der Waals surface area contributed by atoms with Gasteiger partial charge in [0.1, 0.15) is 0 Å². The molecule has 22 heavy (non-hydrogen) atoms. The van der Waals surface area contributed by atoms with Crippen molar-refractivity contribution in [3.05, 3.63) is 34.9 Å². The fraction of sp³-hybridized carbons (Fsp3) is 0.500. The minimum absolute atomic E-state index is 0.0757. The molecule has 2 N–H and O–H groups in total. The molecule has 0 bridgehead atoms. The van der Waals surface area contributed by atoms with E-state index in [-0.39, 0.29) is 24.3 Å². The number of rotatable bonds is 5. The fourth-order valence-corrected chi connectivity index (χ4v) is 2.77. The van der Waals surface area contributed by atoms with E-state index in [9.17, 15) is 14.7 Å². The van der Waals surface area contributed by atoms with Gasteiger partial charge < -0.3 is 15.3 Å². The van der Waals surface area contributed by atoms with Gasteiger partial charge in [-0.25, -0.2) is 0 Å². The first-order valence-corrected chi connectivity index (χ1v) is 7.87. The van der Waals surface area contributed by atoms with E-state index in [1.54, 1.807) is 29.2 Å². The van der Waals surface area contributed by atoms with E-state index >= 15 is 0 Å². The second-order valence-electron chi connectivity index (χ2n) is 5.47. The SMILES string of the molecule is CCC(=O)N1CCC(C(=O)NC(CO)c2ccc(Cl)cc2)C1. The van der Waals surface area contributed by atoms with Gasteiger partial charge in [-0.1, -0.05) is 30.7 Å². The van der Waals surface area contributed by atoms with Crippen LogP contribution in [0.4, 0.5) is 0 Å². The number of hydrogen-bond donors (Lipinski definition) is 2. The van der Waals surface area contributed by atoms with Crippen LogP contribution in [-0.4, -0.2) is 41.5 Å². The standard InChI is InChI=1S/C16H21ClN2O3/c1-2-15(21)19-8-7-12(9-19)16(22)18-14(10-20)11-3-5-13(17)6-4-11/h3-6,12,14,20H,2,7-10H2,1H3,(H,18,22). The summed E-state index contributed by atoms with van der Waals surface area (Å²) in [5.41, 5.74) is 0.805. The van der Waals surface area contributed by atoms with Crippen molar-refractivity contribution in [1.29, 1.82) is 0 Å². The van der Waals surface area contributed by atoms with Crippen molar-refractivity contribution < 1.29 is 14.7 Å². The van der Waals surface area contributed by atoms with E-state index in [4.69, 9.17) is 11.6 Å². The van der Waals surface area contributed by atoms with Gasteiger partial charge in [-0.05, 0) is 24.1 Å². The molecule has 6 heteroatoms. The fourth-order valence-electron chi connectivity index (χ4n) is 2.64. The molecule has 2 amide bonds. The van der Waals surface area contributed by atoms with Gasteiger partial charge in [0.15, 0.2) is 0 Å². The van der Waals surface area contributed by atoms with Crippen molar-refractivity contribution in [3.8, 4) is 0 Å². The lowest BCUT2D eigenvalue weighted by atomic mass is 10.0. The average Bonchev–Trinajstić information content (AvgIpc) is 3.02. The predicted molar refractivity (Wildman–Crippen MR) is 84.4 cm³/mol. The van der Waals surface area contributed by atoms with Crippen molar-refractivity contribution in [2.45, 2.75) is 25.8 Å². The smallest absolute Gasteiger partial charge is 0.225 e. The molecule has 1 aromatic rings. The Morgan fingerprint density at radius 3 is 2.68 bits per heavy atom. The van der Waals surface area contributed by atoms with Gasteiger partial charge in [0.2, 0.25) is 11.8 Å². The van der Waals surface area contributed by atoms with Gasteiger partial charge in [0, 0.05) is 24.5 Å². The highest BCUT2D eigenvalue weighted by Gasteiger charge is 2.31. The normalized spacial score (nSPS) is 19.0. The minimum Gasteiger partial charge on any atom is -0.394 e. The lowest BCUT2D eigenvalue weighted by Gasteiger charge is -2.20. The third kappa shape index (κ3) is 3.99. The molecular weight excluding hydrogens is 304 g/mol. The van der Waals surface area contributed by atoms with Gasteiger partial charge in [-0.2, -0.15) is 0 Å². The average molecular weight is 325 g/mol. The topological polar surface area (TPSA) is 69.6 Å². The summed E-state index contributed by atoms with van der Waals surface area (Å²) in [6, 6.07) is 6.56. The number of likely N-dealkylation sites (tertiary alicyclic amines) is 1. The van der Waals surface area contributed by atoms with Crippen LogP contribution in [0.5, 0.6) is 0 Å². The number of hydrogen-bond acceptors (Lipinski definition) is 3. The molecule has 0 radical (unpaired) electrons. The first kappa shape index (κ1) is 16.8. The summed E-state index contributed by atoms with van der Waals surface area (Å²) in [7, 11) is 0. The van der Waals surface area contributed by atoms with Crippen LogP contribution in [0.3, 0.4) is 0 Å². The summed E-state index contributed by atoms with van der Waals surface area (Å²) in [5, 5.41) is 13.0. The highest BCUT2D eigenvalue weighted by Crippen LogP contribution is 2.20. The van der Waals surface area contributed by atoms with Crippen LogP contribution in [-0.2, 0) is 9.59 Å². The van der Waals surface area contributed by atoms with Gasteiger partial charge >= 0.3 is 0 Å². The Bertz CT molecular complexity index is 533. The number of benzene rings is 1. The quantitative estimate of drug-likeness (QED) is 0.867. The van der Waals surface area contributed by atoms with Crippen LogP contribution >= 0.6 is 11.6 Å². The van der Waals surface area contributed by atoms with E-state index in [0.29, 0.717) is 31.0 Å². The molecule has 2 rings (SSSR count). The monoisotopic (exact) mass is 324 g/mol. The molecule has 0 aliphatic carbocycles. The zero-order valence-corrected chi connectivity index (χ0v) is 13.3. The van der Waals surface area contributed by atoms with E-state index in [0.717, 1.165) is 5.56 Å². The largest absolute Gasteiger partial charge is 0.394 e. The van der Waals surface area contributed by atoms with E-state index in [1.165, 1.54) is 0 Å². The highest BCUT2D eigenvalue weighted by molar-refractivity contribution is 6.30. The zero-order valence-electron chi connectivity index (χ0n) is 12.6. The number of halogens is 1. The Labute approximate surface area is 135 Å². The molecular formula is C16H21ClN2O3. The van der Waals surface area contributed by atoms with E-state index in [2.05, 4.69) is 5.32 Å². The number of nitrogens with one attached hydrogen (secondary N) is 1. The first-order valence-electron chi connectivity index (χ1n) is 7.49.